The average molecular weight is 447 g/mol. The van der Waals surface area contributed by atoms with E-state index in [-0.39, 0.29) is 22.8 Å². The molecule has 1 aliphatic heterocycles. The zero-order valence-corrected chi connectivity index (χ0v) is 18.2. The molecular formula is C22H23FN2O5S. The van der Waals surface area contributed by atoms with Crippen LogP contribution in [0.25, 0.3) is 0 Å². The molecule has 7 nitrogen and oxygen atoms in total. The summed E-state index contributed by atoms with van der Waals surface area (Å²) in [4.78, 5) is 25.1. The molecule has 0 saturated heterocycles. The Bertz CT molecular complexity index is 1160. The van der Waals surface area contributed by atoms with Crippen LogP contribution in [0.4, 0.5) is 9.18 Å². The molecule has 2 aromatic rings. The van der Waals surface area contributed by atoms with E-state index in [0.717, 1.165) is 11.1 Å². The summed E-state index contributed by atoms with van der Waals surface area (Å²) in [6.07, 6.45) is 0. The molecule has 2 aromatic carbocycles. The van der Waals surface area contributed by atoms with Gasteiger partial charge in [-0.05, 0) is 61.7 Å². The predicted octanol–water partition coefficient (Wildman–Crippen LogP) is 3.09. The van der Waals surface area contributed by atoms with Gasteiger partial charge in [0.05, 0.1) is 28.9 Å². The van der Waals surface area contributed by atoms with Crippen molar-refractivity contribution in [1.29, 1.82) is 0 Å². The number of urea groups is 1. The van der Waals surface area contributed by atoms with Crippen LogP contribution in [-0.4, -0.2) is 32.8 Å². The average Bonchev–Trinajstić information content (AvgIpc) is 2.70. The Morgan fingerprint density at radius 1 is 1.10 bits per heavy atom. The van der Waals surface area contributed by atoms with Gasteiger partial charge < -0.3 is 15.4 Å². The number of sulfone groups is 1. The van der Waals surface area contributed by atoms with Gasteiger partial charge in [0.1, 0.15) is 5.82 Å². The fourth-order valence-electron chi connectivity index (χ4n) is 3.27. The lowest BCUT2D eigenvalue weighted by atomic mass is 9.95. The van der Waals surface area contributed by atoms with Gasteiger partial charge in [0.15, 0.2) is 9.84 Å². The van der Waals surface area contributed by atoms with Crippen molar-refractivity contribution in [3.63, 3.8) is 0 Å². The van der Waals surface area contributed by atoms with E-state index in [4.69, 9.17) is 4.74 Å². The number of aryl methyl sites for hydroxylation is 2. The molecule has 31 heavy (non-hydrogen) atoms. The van der Waals surface area contributed by atoms with Crippen molar-refractivity contribution in [2.45, 2.75) is 31.7 Å². The molecule has 3 rings (SSSR count). The summed E-state index contributed by atoms with van der Waals surface area (Å²) in [6, 6.07) is 8.30. The van der Waals surface area contributed by atoms with Crippen LogP contribution in [0.15, 0.2) is 58.6 Å². The summed E-state index contributed by atoms with van der Waals surface area (Å²) in [6.45, 7) is 5.34. The minimum Gasteiger partial charge on any atom is -0.463 e. The van der Waals surface area contributed by atoms with Crippen molar-refractivity contribution in [2.24, 2.45) is 0 Å². The second-order valence-electron chi connectivity index (χ2n) is 7.20. The summed E-state index contributed by atoms with van der Waals surface area (Å²) in [5.41, 5.74) is 2.05. The molecule has 1 aliphatic rings. The zero-order valence-electron chi connectivity index (χ0n) is 17.4. The van der Waals surface area contributed by atoms with Crippen molar-refractivity contribution in [3.05, 3.63) is 76.2 Å². The summed E-state index contributed by atoms with van der Waals surface area (Å²) >= 11 is 0. The monoisotopic (exact) mass is 446 g/mol. The van der Waals surface area contributed by atoms with Gasteiger partial charge in [-0.3, -0.25) is 0 Å². The van der Waals surface area contributed by atoms with Crippen LogP contribution in [-0.2, 0) is 19.4 Å². The van der Waals surface area contributed by atoms with Crippen molar-refractivity contribution in [2.75, 3.05) is 12.4 Å². The first kappa shape index (κ1) is 22.5. The third-order valence-electron chi connectivity index (χ3n) is 5.02. The largest absolute Gasteiger partial charge is 0.463 e. The number of ether oxygens (including phenoxy) is 1. The van der Waals surface area contributed by atoms with Crippen molar-refractivity contribution in [1.82, 2.24) is 10.6 Å². The minimum absolute atomic E-state index is 0.0412. The highest BCUT2D eigenvalue weighted by Crippen LogP contribution is 2.29. The lowest BCUT2D eigenvalue weighted by molar-refractivity contribution is -0.139. The predicted molar refractivity (Wildman–Crippen MR) is 112 cm³/mol. The number of carbonyl (C=O) groups excluding carboxylic acids is 2. The van der Waals surface area contributed by atoms with Gasteiger partial charge in [0.2, 0.25) is 0 Å². The molecule has 0 fully saturated rings. The number of esters is 1. The van der Waals surface area contributed by atoms with Gasteiger partial charge in [0, 0.05) is 5.70 Å². The van der Waals surface area contributed by atoms with Crippen LogP contribution < -0.4 is 10.6 Å². The molecule has 0 bridgehead atoms. The number of amides is 2. The lowest BCUT2D eigenvalue weighted by Gasteiger charge is -2.29. The van der Waals surface area contributed by atoms with E-state index in [9.17, 15) is 22.4 Å². The Balaban J connectivity index is 2.10. The standard InChI is InChI=1S/C22H23FN2O5S/c1-4-30-21(26)19-18(12-31(28,29)17-10-5-13(2)14(3)11-17)24-22(27)25-20(19)15-6-8-16(23)9-7-15/h5-11,20H,4,12H2,1-3H3,(H2,24,25,27). The normalized spacial score (nSPS) is 16.5. The summed E-state index contributed by atoms with van der Waals surface area (Å²) in [5, 5.41) is 5.03. The zero-order chi connectivity index (χ0) is 22.8. The fraction of sp³-hybridized carbons (Fsp3) is 0.273. The Morgan fingerprint density at radius 3 is 2.39 bits per heavy atom. The number of benzene rings is 2. The molecule has 0 saturated carbocycles. The van der Waals surface area contributed by atoms with Crippen LogP contribution in [0.3, 0.4) is 0 Å². The molecule has 1 unspecified atom stereocenters. The van der Waals surface area contributed by atoms with Gasteiger partial charge in [-0.15, -0.1) is 0 Å². The number of nitrogens with one attached hydrogen (secondary N) is 2. The first-order valence-electron chi connectivity index (χ1n) is 9.65. The van der Waals surface area contributed by atoms with E-state index >= 15 is 0 Å². The first-order valence-corrected chi connectivity index (χ1v) is 11.3. The third kappa shape index (κ3) is 4.93. The maximum atomic E-state index is 13.4. The molecule has 0 spiro atoms. The molecule has 0 aromatic heterocycles. The van der Waals surface area contributed by atoms with Crippen molar-refractivity contribution in [3.8, 4) is 0 Å². The quantitative estimate of drug-likeness (QED) is 0.664. The number of halogens is 1. The Morgan fingerprint density at radius 2 is 1.77 bits per heavy atom. The fourth-order valence-corrected chi connectivity index (χ4v) is 4.67. The van der Waals surface area contributed by atoms with Crippen LogP contribution in [0.2, 0.25) is 0 Å². The highest BCUT2D eigenvalue weighted by atomic mass is 32.2. The molecule has 1 atom stereocenters. The highest BCUT2D eigenvalue weighted by Gasteiger charge is 2.35. The maximum Gasteiger partial charge on any atom is 0.338 e. The topological polar surface area (TPSA) is 102 Å². The summed E-state index contributed by atoms with van der Waals surface area (Å²) in [7, 11) is -3.88. The molecule has 164 valence electrons. The van der Waals surface area contributed by atoms with Gasteiger partial charge in [-0.2, -0.15) is 0 Å². The van der Waals surface area contributed by atoms with E-state index in [1.165, 1.54) is 30.3 Å². The van der Waals surface area contributed by atoms with Crippen molar-refractivity contribution >= 4 is 21.8 Å². The maximum absolute atomic E-state index is 13.4. The number of carbonyl (C=O) groups is 2. The van der Waals surface area contributed by atoms with Crippen LogP contribution in [0, 0.1) is 19.7 Å². The van der Waals surface area contributed by atoms with E-state index in [1.807, 2.05) is 6.92 Å². The first-order chi connectivity index (χ1) is 14.6. The van der Waals surface area contributed by atoms with Gasteiger partial charge in [-0.1, -0.05) is 18.2 Å². The van der Waals surface area contributed by atoms with Crippen LogP contribution >= 0.6 is 0 Å². The molecule has 0 aliphatic carbocycles. The highest BCUT2D eigenvalue weighted by molar-refractivity contribution is 7.91. The third-order valence-corrected chi connectivity index (χ3v) is 6.67. The van der Waals surface area contributed by atoms with Gasteiger partial charge in [0.25, 0.3) is 0 Å². The van der Waals surface area contributed by atoms with E-state index in [2.05, 4.69) is 10.6 Å². The van der Waals surface area contributed by atoms with E-state index in [0.29, 0.717) is 5.56 Å². The molecule has 0 radical (unpaired) electrons. The Hall–Kier alpha value is -3.20. The SMILES string of the molecule is CCOC(=O)C1=C(CS(=O)(=O)c2ccc(C)c(C)c2)NC(=O)NC1c1ccc(F)cc1. The number of hydrogen-bond donors (Lipinski definition) is 2. The molecule has 9 heteroatoms. The molecular weight excluding hydrogens is 423 g/mol. The minimum atomic E-state index is -3.88. The number of hydrogen-bond acceptors (Lipinski definition) is 5. The number of rotatable bonds is 6. The smallest absolute Gasteiger partial charge is 0.338 e. The van der Waals surface area contributed by atoms with E-state index in [1.54, 1.807) is 26.0 Å². The molecule has 1 heterocycles. The van der Waals surface area contributed by atoms with Crippen molar-refractivity contribution < 1.29 is 27.1 Å². The Labute approximate surface area is 180 Å². The van der Waals surface area contributed by atoms with Crippen LogP contribution in [0.1, 0.15) is 29.7 Å². The summed E-state index contributed by atoms with van der Waals surface area (Å²) < 4.78 is 44.6. The van der Waals surface area contributed by atoms with E-state index < -0.39 is 39.4 Å². The van der Waals surface area contributed by atoms with Gasteiger partial charge in [-0.25, -0.2) is 22.4 Å². The molecule has 2 N–H and O–H groups in total. The second-order valence-corrected chi connectivity index (χ2v) is 9.19. The van der Waals surface area contributed by atoms with Crippen LogP contribution in [0.5, 0.6) is 0 Å². The Kier molecular flexibility index (Phi) is 6.45. The second kappa shape index (κ2) is 8.89. The summed E-state index contributed by atoms with van der Waals surface area (Å²) in [5.74, 6) is -1.85. The van der Waals surface area contributed by atoms with Gasteiger partial charge >= 0.3 is 12.0 Å². The molecule has 2 amide bonds. The lowest BCUT2D eigenvalue weighted by Crippen LogP contribution is -2.47.